The Morgan fingerprint density at radius 2 is 1.94 bits per heavy atom. The van der Waals surface area contributed by atoms with Crippen LogP contribution in [0.25, 0.3) is 0 Å². The van der Waals surface area contributed by atoms with Gasteiger partial charge in [-0.2, -0.15) is 0 Å². The largest absolute Gasteiger partial charge is 0.314 e. The second-order valence-corrected chi connectivity index (χ2v) is 5.31. The zero-order valence-electron chi connectivity index (χ0n) is 11.7. The third-order valence-electron chi connectivity index (χ3n) is 4.19. The smallest absolute Gasteiger partial charge is 0.0473 e. The minimum Gasteiger partial charge on any atom is -0.314 e. The van der Waals surface area contributed by atoms with Crippen LogP contribution in [0.5, 0.6) is 0 Å². The van der Waals surface area contributed by atoms with Gasteiger partial charge in [0, 0.05) is 32.2 Å². The van der Waals surface area contributed by atoms with E-state index in [0.29, 0.717) is 6.04 Å². The molecule has 0 aromatic heterocycles. The van der Waals surface area contributed by atoms with E-state index in [2.05, 4.69) is 54.4 Å². The first-order valence-corrected chi connectivity index (χ1v) is 7.34. The Hall–Kier alpha value is -0.860. The zero-order chi connectivity index (χ0) is 12.8. The molecule has 1 N–H and O–H groups in total. The zero-order valence-corrected chi connectivity index (χ0v) is 11.7. The van der Waals surface area contributed by atoms with Crippen molar-refractivity contribution in [2.24, 2.45) is 5.92 Å². The molecule has 1 fully saturated rings. The molecule has 1 unspecified atom stereocenters. The molecule has 100 valence electrons. The topological polar surface area (TPSA) is 15.3 Å². The predicted molar refractivity (Wildman–Crippen MR) is 77.7 cm³/mol. The van der Waals surface area contributed by atoms with E-state index in [4.69, 9.17) is 0 Å². The van der Waals surface area contributed by atoms with Crippen molar-refractivity contribution in [2.45, 2.75) is 32.7 Å². The number of nitrogens with zero attached hydrogens (tertiary/aromatic N) is 1. The third kappa shape index (κ3) is 3.33. The summed E-state index contributed by atoms with van der Waals surface area (Å²) in [4.78, 5) is 2.67. The summed E-state index contributed by atoms with van der Waals surface area (Å²) in [6.45, 7) is 9.26. The Kier molecular flexibility index (Phi) is 5.21. The summed E-state index contributed by atoms with van der Waals surface area (Å²) >= 11 is 0. The molecule has 1 saturated heterocycles. The monoisotopic (exact) mass is 246 g/mol. The van der Waals surface area contributed by atoms with Crippen molar-refractivity contribution in [3.8, 4) is 0 Å². The molecule has 1 aliphatic rings. The van der Waals surface area contributed by atoms with E-state index in [1.807, 2.05) is 0 Å². The molecule has 1 aliphatic heterocycles. The van der Waals surface area contributed by atoms with Crippen molar-refractivity contribution in [3.63, 3.8) is 0 Å². The Morgan fingerprint density at radius 1 is 1.22 bits per heavy atom. The normalized spacial score (nSPS) is 21.4. The molecule has 2 heteroatoms. The van der Waals surface area contributed by atoms with Gasteiger partial charge in [0.1, 0.15) is 0 Å². The van der Waals surface area contributed by atoms with E-state index in [1.54, 1.807) is 0 Å². The van der Waals surface area contributed by atoms with Gasteiger partial charge in [-0.25, -0.2) is 0 Å². The van der Waals surface area contributed by atoms with Crippen molar-refractivity contribution in [1.29, 1.82) is 0 Å². The van der Waals surface area contributed by atoms with Gasteiger partial charge in [0.15, 0.2) is 0 Å². The second kappa shape index (κ2) is 6.91. The van der Waals surface area contributed by atoms with Gasteiger partial charge in [-0.3, -0.25) is 4.90 Å². The van der Waals surface area contributed by atoms with Crippen molar-refractivity contribution in [2.75, 3.05) is 26.2 Å². The lowest BCUT2D eigenvalue weighted by atomic mass is 9.98. The summed E-state index contributed by atoms with van der Waals surface area (Å²) in [7, 11) is 0. The van der Waals surface area contributed by atoms with Gasteiger partial charge in [0.2, 0.25) is 0 Å². The Bertz CT molecular complexity index is 332. The minimum atomic E-state index is 0.556. The van der Waals surface area contributed by atoms with Crippen molar-refractivity contribution < 1.29 is 0 Å². The van der Waals surface area contributed by atoms with Gasteiger partial charge >= 0.3 is 0 Å². The Labute approximate surface area is 111 Å². The number of hydrogen-bond donors (Lipinski definition) is 1. The molecule has 1 aromatic rings. The highest BCUT2D eigenvalue weighted by atomic mass is 15.2. The summed E-state index contributed by atoms with van der Waals surface area (Å²) in [5.41, 5.74) is 1.45. The first-order chi connectivity index (χ1) is 8.85. The van der Waals surface area contributed by atoms with Crippen LogP contribution in [0.1, 0.15) is 38.3 Å². The fraction of sp³-hybridized carbons (Fsp3) is 0.625. The number of rotatable bonds is 5. The van der Waals surface area contributed by atoms with Crippen LogP contribution in [0.3, 0.4) is 0 Å². The highest BCUT2D eigenvalue weighted by Gasteiger charge is 2.24. The lowest BCUT2D eigenvalue weighted by molar-refractivity contribution is 0.134. The maximum atomic E-state index is 3.53. The van der Waals surface area contributed by atoms with Crippen LogP contribution in [-0.4, -0.2) is 31.1 Å². The van der Waals surface area contributed by atoms with E-state index < -0.39 is 0 Å². The molecule has 2 nitrogen and oxygen atoms in total. The van der Waals surface area contributed by atoms with Crippen LogP contribution >= 0.6 is 0 Å². The number of hydrogen-bond acceptors (Lipinski definition) is 2. The van der Waals surface area contributed by atoms with Crippen LogP contribution in [0.2, 0.25) is 0 Å². The molecule has 1 atom stereocenters. The van der Waals surface area contributed by atoms with E-state index in [-0.39, 0.29) is 0 Å². The molecular formula is C16H26N2. The van der Waals surface area contributed by atoms with Gasteiger partial charge in [0.25, 0.3) is 0 Å². The van der Waals surface area contributed by atoms with Crippen LogP contribution in [0.15, 0.2) is 30.3 Å². The van der Waals surface area contributed by atoms with Gasteiger partial charge in [-0.1, -0.05) is 57.0 Å². The Balaban J connectivity index is 2.06. The summed E-state index contributed by atoms with van der Waals surface area (Å²) in [6, 6.07) is 11.5. The average molecular weight is 246 g/mol. The van der Waals surface area contributed by atoms with Gasteiger partial charge in [0.05, 0.1) is 0 Å². The molecule has 0 spiro atoms. The number of piperazine rings is 1. The van der Waals surface area contributed by atoms with E-state index >= 15 is 0 Å². The van der Waals surface area contributed by atoms with Gasteiger partial charge in [-0.15, -0.1) is 0 Å². The van der Waals surface area contributed by atoms with Gasteiger partial charge < -0.3 is 5.32 Å². The van der Waals surface area contributed by atoms with Crippen molar-refractivity contribution >= 4 is 0 Å². The molecule has 18 heavy (non-hydrogen) atoms. The SMILES string of the molecule is CCC(CC)CN1CCNCC1c1ccccc1. The minimum absolute atomic E-state index is 0.556. The maximum absolute atomic E-state index is 3.53. The molecule has 0 bridgehead atoms. The van der Waals surface area contributed by atoms with Crippen molar-refractivity contribution in [1.82, 2.24) is 10.2 Å². The fourth-order valence-corrected chi connectivity index (χ4v) is 2.85. The number of nitrogens with one attached hydrogen (secondary N) is 1. The van der Waals surface area contributed by atoms with Crippen LogP contribution in [0.4, 0.5) is 0 Å². The first kappa shape index (κ1) is 13.6. The molecule has 0 aliphatic carbocycles. The molecule has 0 saturated carbocycles. The van der Waals surface area contributed by atoms with Crippen LogP contribution < -0.4 is 5.32 Å². The maximum Gasteiger partial charge on any atom is 0.0473 e. The summed E-state index contributed by atoms with van der Waals surface area (Å²) < 4.78 is 0. The predicted octanol–water partition coefficient (Wildman–Crippen LogP) is 3.07. The molecular weight excluding hydrogens is 220 g/mol. The second-order valence-electron chi connectivity index (χ2n) is 5.31. The highest BCUT2D eigenvalue weighted by molar-refractivity contribution is 5.20. The van der Waals surface area contributed by atoms with E-state index in [0.717, 1.165) is 19.0 Å². The Morgan fingerprint density at radius 3 is 2.61 bits per heavy atom. The first-order valence-electron chi connectivity index (χ1n) is 7.34. The standard InChI is InChI=1S/C16H26N2/c1-3-14(4-2)13-18-11-10-17-12-16(18)15-8-6-5-7-9-15/h5-9,14,16-17H,3-4,10-13H2,1-2H3. The lowest BCUT2D eigenvalue weighted by Gasteiger charge is -2.38. The molecule has 1 heterocycles. The van der Waals surface area contributed by atoms with Gasteiger partial charge in [-0.05, 0) is 11.5 Å². The van der Waals surface area contributed by atoms with E-state index in [1.165, 1.54) is 31.5 Å². The molecule has 0 amide bonds. The quantitative estimate of drug-likeness (QED) is 0.859. The van der Waals surface area contributed by atoms with Crippen LogP contribution in [0, 0.1) is 5.92 Å². The third-order valence-corrected chi connectivity index (χ3v) is 4.19. The van der Waals surface area contributed by atoms with Crippen molar-refractivity contribution in [3.05, 3.63) is 35.9 Å². The lowest BCUT2D eigenvalue weighted by Crippen LogP contribution is -2.47. The fourth-order valence-electron chi connectivity index (χ4n) is 2.85. The number of benzene rings is 1. The summed E-state index contributed by atoms with van der Waals surface area (Å²) in [5, 5.41) is 3.53. The summed E-state index contributed by atoms with van der Waals surface area (Å²) in [6.07, 6.45) is 2.59. The van der Waals surface area contributed by atoms with Crippen LogP contribution in [-0.2, 0) is 0 Å². The van der Waals surface area contributed by atoms with E-state index in [9.17, 15) is 0 Å². The summed E-state index contributed by atoms with van der Waals surface area (Å²) in [5.74, 6) is 0.842. The molecule has 1 aromatic carbocycles. The highest BCUT2D eigenvalue weighted by Crippen LogP contribution is 2.24. The molecule has 2 rings (SSSR count). The molecule has 0 radical (unpaired) electrons. The average Bonchev–Trinajstić information content (AvgIpc) is 2.46.